The number of aryl methyl sites for hydroxylation is 3. The Hall–Kier alpha value is -1.13. The summed E-state index contributed by atoms with van der Waals surface area (Å²) in [7, 11) is 2.00. The number of hydrogen-bond donors (Lipinski definition) is 1. The smallest absolute Gasteiger partial charge is 0.0766 e. The van der Waals surface area contributed by atoms with Crippen LogP contribution in [0.25, 0.3) is 0 Å². The van der Waals surface area contributed by atoms with Crippen molar-refractivity contribution in [2.24, 2.45) is 12.8 Å². The maximum absolute atomic E-state index is 6.02. The van der Waals surface area contributed by atoms with Crippen LogP contribution in [-0.4, -0.2) is 16.3 Å². The Morgan fingerprint density at radius 2 is 2.05 bits per heavy atom. The molecule has 1 unspecified atom stereocenters. The highest BCUT2D eigenvalue weighted by Gasteiger charge is 2.19. The van der Waals surface area contributed by atoms with E-state index in [-0.39, 0.29) is 0 Å². The van der Waals surface area contributed by atoms with E-state index in [0.29, 0.717) is 12.5 Å². The number of rotatable bonds is 5. The average molecular weight is 336 g/mol. The maximum atomic E-state index is 6.02. The van der Waals surface area contributed by atoms with Crippen LogP contribution in [0.2, 0.25) is 0 Å². The van der Waals surface area contributed by atoms with Gasteiger partial charge in [-0.1, -0.05) is 31.2 Å². The second kappa shape index (κ2) is 6.55. The first-order valence-electron chi connectivity index (χ1n) is 7.04. The van der Waals surface area contributed by atoms with Crippen LogP contribution in [0.3, 0.4) is 0 Å². The second-order valence-corrected chi connectivity index (χ2v) is 5.97. The molecule has 1 aromatic heterocycles. The second-order valence-electron chi connectivity index (χ2n) is 5.18. The summed E-state index contributed by atoms with van der Waals surface area (Å²) >= 11 is 3.69. The molecule has 0 saturated heterocycles. The van der Waals surface area contributed by atoms with Crippen molar-refractivity contribution in [1.29, 1.82) is 0 Å². The fourth-order valence-corrected chi connectivity index (χ4v) is 3.42. The van der Waals surface area contributed by atoms with E-state index in [1.54, 1.807) is 0 Å². The molecule has 3 nitrogen and oxygen atoms in total. The molecule has 0 radical (unpaired) electrons. The van der Waals surface area contributed by atoms with Gasteiger partial charge in [-0.25, -0.2) is 0 Å². The van der Waals surface area contributed by atoms with Crippen molar-refractivity contribution < 1.29 is 0 Å². The Morgan fingerprint density at radius 3 is 2.60 bits per heavy atom. The molecule has 2 aromatic rings. The molecule has 0 bridgehead atoms. The van der Waals surface area contributed by atoms with E-state index in [4.69, 9.17) is 5.73 Å². The Labute approximate surface area is 129 Å². The summed E-state index contributed by atoms with van der Waals surface area (Å²) in [6, 6.07) is 8.48. The molecule has 1 heterocycles. The summed E-state index contributed by atoms with van der Waals surface area (Å²) in [4.78, 5) is 0. The largest absolute Gasteiger partial charge is 0.330 e. The van der Waals surface area contributed by atoms with E-state index < -0.39 is 0 Å². The zero-order valence-corrected chi connectivity index (χ0v) is 13.9. The van der Waals surface area contributed by atoms with Gasteiger partial charge < -0.3 is 5.73 Å². The summed E-state index contributed by atoms with van der Waals surface area (Å²) in [5.41, 5.74) is 11.0. The lowest BCUT2D eigenvalue weighted by molar-refractivity contribution is 0.624. The van der Waals surface area contributed by atoms with E-state index in [0.717, 1.165) is 23.0 Å². The summed E-state index contributed by atoms with van der Waals surface area (Å²) in [6.07, 6.45) is 1.84. The molecule has 0 amide bonds. The number of halogens is 1. The van der Waals surface area contributed by atoms with Gasteiger partial charge in [0.25, 0.3) is 0 Å². The van der Waals surface area contributed by atoms with Crippen LogP contribution < -0.4 is 5.73 Å². The first-order chi connectivity index (χ1) is 9.58. The lowest BCUT2D eigenvalue weighted by Crippen LogP contribution is -2.17. The average Bonchev–Trinajstić information content (AvgIpc) is 2.72. The number of nitrogens with two attached hydrogens (primary N) is 1. The van der Waals surface area contributed by atoms with Crippen molar-refractivity contribution in [3.8, 4) is 0 Å². The molecule has 0 aliphatic rings. The number of aromatic nitrogens is 2. The van der Waals surface area contributed by atoms with Crippen molar-refractivity contribution in [3.05, 3.63) is 51.3 Å². The van der Waals surface area contributed by atoms with Gasteiger partial charge >= 0.3 is 0 Å². The third-order valence-corrected chi connectivity index (χ3v) is 4.77. The van der Waals surface area contributed by atoms with Crippen molar-refractivity contribution in [1.82, 2.24) is 9.78 Å². The van der Waals surface area contributed by atoms with Crippen molar-refractivity contribution in [2.75, 3.05) is 6.54 Å². The monoisotopic (exact) mass is 335 g/mol. The quantitative estimate of drug-likeness (QED) is 0.910. The molecule has 0 spiro atoms. The molecular weight excluding hydrogens is 314 g/mol. The van der Waals surface area contributed by atoms with Crippen molar-refractivity contribution >= 4 is 15.9 Å². The third kappa shape index (κ3) is 2.96. The minimum atomic E-state index is 0.326. The number of hydrogen-bond acceptors (Lipinski definition) is 2. The summed E-state index contributed by atoms with van der Waals surface area (Å²) in [5, 5.41) is 4.56. The van der Waals surface area contributed by atoms with Crippen LogP contribution in [0.4, 0.5) is 0 Å². The van der Waals surface area contributed by atoms with Crippen LogP contribution in [0.5, 0.6) is 0 Å². The van der Waals surface area contributed by atoms with E-state index in [2.05, 4.69) is 59.1 Å². The highest BCUT2D eigenvalue weighted by Crippen LogP contribution is 2.28. The first-order valence-corrected chi connectivity index (χ1v) is 7.83. The Kier molecular flexibility index (Phi) is 5.00. The Morgan fingerprint density at radius 1 is 1.35 bits per heavy atom. The standard InChI is InChI=1S/C16H22BrN3/c1-4-14-16(17)15(20(3)19-14)9-12(10-18)13-8-6-5-7-11(13)2/h5-8,12H,4,9-10,18H2,1-3H3. The molecule has 2 N–H and O–H groups in total. The van der Waals surface area contributed by atoms with Crippen LogP contribution in [-0.2, 0) is 19.9 Å². The summed E-state index contributed by atoms with van der Waals surface area (Å²) in [5.74, 6) is 0.326. The molecule has 0 saturated carbocycles. The zero-order chi connectivity index (χ0) is 14.7. The fourth-order valence-electron chi connectivity index (χ4n) is 2.64. The van der Waals surface area contributed by atoms with Gasteiger partial charge in [-0.3, -0.25) is 4.68 Å². The van der Waals surface area contributed by atoms with Crippen molar-refractivity contribution in [2.45, 2.75) is 32.6 Å². The molecule has 2 rings (SSSR count). The molecule has 0 fully saturated rings. The van der Waals surface area contributed by atoms with Gasteiger partial charge in [0, 0.05) is 13.0 Å². The van der Waals surface area contributed by atoms with Gasteiger partial charge in [0.05, 0.1) is 15.9 Å². The third-order valence-electron chi connectivity index (χ3n) is 3.86. The number of benzene rings is 1. The predicted molar refractivity (Wildman–Crippen MR) is 87.0 cm³/mol. The Bertz CT molecular complexity index is 589. The molecule has 1 atom stereocenters. The van der Waals surface area contributed by atoms with Gasteiger partial charge in [-0.05, 0) is 53.4 Å². The predicted octanol–water partition coefficient (Wildman–Crippen LogP) is 3.34. The van der Waals surface area contributed by atoms with E-state index in [1.807, 2.05) is 11.7 Å². The summed E-state index contributed by atoms with van der Waals surface area (Å²) in [6.45, 7) is 4.91. The minimum Gasteiger partial charge on any atom is -0.330 e. The van der Waals surface area contributed by atoms with Gasteiger partial charge in [0.1, 0.15) is 0 Å². The SMILES string of the molecule is CCc1nn(C)c(CC(CN)c2ccccc2C)c1Br. The van der Waals surface area contributed by atoms with Crippen LogP contribution in [0.1, 0.15) is 35.4 Å². The molecule has 0 aliphatic carbocycles. The normalized spacial score (nSPS) is 12.7. The molecule has 20 heavy (non-hydrogen) atoms. The van der Waals surface area contributed by atoms with Crippen molar-refractivity contribution in [3.63, 3.8) is 0 Å². The van der Waals surface area contributed by atoms with E-state index in [9.17, 15) is 0 Å². The first kappa shape index (κ1) is 15.3. The molecule has 0 aliphatic heterocycles. The lowest BCUT2D eigenvalue weighted by Gasteiger charge is -2.18. The van der Waals surface area contributed by atoms with Gasteiger partial charge in [-0.2, -0.15) is 5.10 Å². The zero-order valence-electron chi connectivity index (χ0n) is 12.4. The topological polar surface area (TPSA) is 43.8 Å². The number of nitrogens with zero attached hydrogens (tertiary/aromatic N) is 2. The van der Waals surface area contributed by atoms with Gasteiger partial charge in [0.2, 0.25) is 0 Å². The minimum absolute atomic E-state index is 0.326. The van der Waals surface area contributed by atoms with Crippen LogP contribution in [0, 0.1) is 6.92 Å². The maximum Gasteiger partial charge on any atom is 0.0766 e. The summed E-state index contributed by atoms with van der Waals surface area (Å²) < 4.78 is 3.11. The van der Waals surface area contributed by atoms with E-state index >= 15 is 0 Å². The highest BCUT2D eigenvalue weighted by molar-refractivity contribution is 9.10. The van der Waals surface area contributed by atoms with Crippen LogP contribution >= 0.6 is 15.9 Å². The van der Waals surface area contributed by atoms with E-state index in [1.165, 1.54) is 16.8 Å². The molecule has 1 aromatic carbocycles. The molecule has 4 heteroatoms. The van der Waals surface area contributed by atoms with Crippen LogP contribution in [0.15, 0.2) is 28.7 Å². The van der Waals surface area contributed by atoms with Gasteiger partial charge in [0.15, 0.2) is 0 Å². The Balaban J connectivity index is 2.32. The lowest BCUT2D eigenvalue weighted by atomic mass is 9.91. The fraction of sp³-hybridized carbons (Fsp3) is 0.438. The molecule has 108 valence electrons. The highest BCUT2D eigenvalue weighted by atomic mass is 79.9. The van der Waals surface area contributed by atoms with Gasteiger partial charge in [-0.15, -0.1) is 0 Å². The molecular formula is C16H22BrN3.